The Kier molecular flexibility index (Phi) is 7.34. The van der Waals surface area contributed by atoms with Crippen LogP contribution in [-0.4, -0.2) is 57.5 Å². The number of nitrogens with one attached hydrogen (secondary N) is 1. The summed E-state index contributed by atoms with van der Waals surface area (Å²) in [5.74, 6) is 0. The van der Waals surface area contributed by atoms with Gasteiger partial charge in [0.15, 0.2) is 0 Å². The first-order valence-corrected chi connectivity index (χ1v) is 10.5. The molecule has 0 radical (unpaired) electrons. The normalized spacial score (nSPS) is 14.8. The van der Waals surface area contributed by atoms with Gasteiger partial charge >= 0.3 is 6.03 Å². The van der Waals surface area contributed by atoms with Crippen molar-refractivity contribution in [3.8, 4) is 0 Å². The molecule has 0 aromatic heterocycles. The molecule has 0 saturated carbocycles. The maximum absolute atomic E-state index is 12.9. The Labute approximate surface area is 179 Å². The summed E-state index contributed by atoms with van der Waals surface area (Å²) in [5, 5.41) is 3.11. The molecule has 1 heterocycles. The summed E-state index contributed by atoms with van der Waals surface area (Å²) in [6.45, 7) is 8.51. The van der Waals surface area contributed by atoms with Gasteiger partial charge in [-0.2, -0.15) is 0 Å². The molecular formula is C24H33N3O3. The summed E-state index contributed by atoms with van der Waals surface area (Å²) in [5.41, 5.74) is 6.92. The quantitative estimate of drug-likeness (QED) is 0.680. The number of fused-ring (bicyclic) bond motifs is 4. The number of carbonyl (C=O) groups excluding carboxylic acids is 1. The van der Waals surface area contributed by atoms with Gasteiger partial charge in [0.1, 0.15) is 0 Å². The number of rotatable bonds is 8. The molecule has 6 heteroatoms. The van der Waals surface area contributed by atoms with Gasteiger partial charge in [0.05, 0.1) is 13.2 Å². The molecule has 1 aromatic carbocycles. The third-order valence-corrected chi connectivity index (χ3v) is 5.58. The molecule has 1 aromatic rings. The molecule has 0 unspecified atom stereocenters. The van der Waals surface area contributed by atoms with Gasteiger partial charge in [-0.25, -0.2) is 4.79 Å². The third-order valence-electron chi connectivity index (χ3n) is 5.58. The van der Waals surface area contributed by atoms with Crippen molar-refractivity contribution in [2.24, 2.45) is 0 Å². The zero-order chi connectivity index (χ0) is 21.7. The minimum atomic E-state index is -0.140. The summed E-state index contributed by atoms with van der Waals surface area (Å²) in [4.78, 5) is 17.1. The second-order valence-electron chi connectivity index (χ2n) is 7.91. The first-order valence-electron chi connectivity index (χ1n) is 10.5. The summed E-state index contributed by atoms with van der Waals surface area (Å²) < 4.78 is 10.3. The van der Waals surface area contributed by atoms with Crippen LogP contribution in [0.4, 0.5) is 16.2 Å². The van der Waals surface area contributed by atoms with E-state index in [1.807, 2.05) is 6.07 Å². The summed E-state index contributed by atoms with van der Waals surface area (Å²) in [7, 11) is 3.27. The van der Waals surface area contributed by atoms with Gasteiger partial charge in [0.2, 0.25) is 0 Å². The smallest absolute Gasteiger partial charge is 0.322 e. The standard InChI is InChI=1S/C24H33N3O3/c1-17(2)27-20-9-7-6-8-19(16-20)23-18(3)21(10-11-22(23)27)25-24(28)26(12-14-29-4)13-15-30-5/h6-11,17H,12-16H2,1-5H3,(H,25,28). The Balaban J connectivity index is 1.93. The Morgan fingerprint density at radius 1 is 1.13 bits per heavy atom. The van der Waals surface area contributed by atoms with Crippen molar-refractivity contribution < 1.29 is 14.3 Å². The highest BCUT2D eigenvalue weighted by Crippen LogP contribution is 2.45. The minimum absolute atomic E-state index is 0.140. The van der Waals surface area contributed by atoms with Crippen LogP contribution in [0.2, 0.25) is 0 Å². The fourth-order valence-corrected chi connectivity index (χ4v) is 4.10. The molecule has 0 atom stereocenters. The van der Waals surface area contributed by atoms with Crippen LogP contribution in [0, 0.1) is 6.92 Å². The van der Waals surface area contributed by atoms with Crippen LogP contribution in [0.25, 0.3) is 5.57 Å². The maximum atomic E-state index is 12.9. The highest BCUT2D eigenvalue weighted by Gasteiger charge is 2.29. The molecule has 162 valence electrons. The van der Waals surface area contributed by atoms with E-state index < -0.39 is 0 Å². The lowest BCUT2D eigenvalue weighted by Crippen LogP contribution is -2.39. The molecule has 3 rings (SSSR count). The number of hydrogen-bond donors (Lipinski definition) is 1. The molecule has 6 nitrogen and oxygen atoms in total. The van der Waals surface area contributed by atoms with Gasteiger partial charge in [-0.05, 0) is 50.1 Å². The van der Waals surface area contributed by atoms with E-state index in [2.05, 4.69) is 61.4 Å². The number of benzene rings is 1. The number of amides is 2. The molecule has 0 fully saturated rings. The number of urea groups is 1. The molecule has 1 aliphatic carbocycles. The fourth-order valence-electron chi connectivity index (χ4n) is 4.10. The lowest BCUT2D eigenvalue weighted by molar-refractivity contribution is 0.127. The van der Waals surface area contributed by atoms with Crippen LogP contribution >= 0.6 is 0 Å². The molecule has 30 heavy (non-hydrogen) atoms. The van der Waals surface area contributed by atoms with Crippen molar-refractivity contribution in [3.63, 3.8) is 0 Å². The Bertz CT molecular complexity index is 863. The molecule has 0 saturated heterocycles. The average molecular weight is 412 g/mol. The van der Waals surface area contributed by atoms with Gasteiger partial charge in [0.25, 0.3) is 0 Å². The van der Waals surface area contributed by atoms with E-state index in [1.54, 1.807) is 19.1 Å². The first-order chi connectivity index (χ1) is 14.5. The molecule has 2 amide bonds. The van der Waals surface area contributed by atoms with Crippen LogP contribution in [0.1, 0.15) is 31.4 Å². The zero-order valence-corrected chi connectivity index (χ0v) is 18.7. The molecule has 1 aliphatic heterocycles. The predicted octanol–water partition coefficient (Wildman–Crippen LogP) is 4.58. The summed E-state index contributed by atoms with van der Waals surface area (Å²) >= 11 is 0. The van der Waals surface area contributed by atoms with Gasteiger partial charge < -0.3 is 24.6 Å². The third kappa shape index (κ3) is 4.60. The van der Waals surface area contributed by atoms with E-state index in [1.165, 1.54) is 22.5 Å². The van der Waals surface area contributed by atoms with Crippen molar-refractivity contribution in [3.05, 3.63) is 53.3 Å². The fraction of sp³-hybridized carbons (Fsp3) is 0.458. The van der Waals surface area contributed by atoms with Crippen molar-refractivity contribution in [2.45, 2.75) is 33.2 Å². The van der Waals surface area contributed by atoms with E-state index in [4.69, 9.17) is 9.47 Å². The van der Waals surface area contributed by atoms with Crippen molar-refractivity contribution in [1.29, 1.82) is 0 Å². The number of ether oxygens (including phenoxy) is 2. The highest BCUT2D eigenvalue weighted by molar-refractivity contribution is 5.95. The molecule has 0 spiro atoms. The second kappa shape index (κ2) is 9.96. The number of allylic oxidation sites excluding steroid dienone is 5. The number of hydrogen-bond acceptors (Lipinski definition) is 4. The first kappa shape index (κ1) is 22.1. The molecule has 2 aliphatic rings. The number of methoxy groups -OCH3 is 2. The topological polar surface area (TPSA) is 54.0 Å². The zero-order valence-electron chi connectivity index (χ0n) is 18.7. The molecule has 1 N–H and O–H groups in total. The van der Waals surface area contributed by atoms with E-state index in [0.717, 1.165) is 17.7 Å². The lowest BCUT2D eigenvalue weighted by atomic mass is 9.88. The predicted molar refractivity (Wildman–Crippen MR) is 123 cm³/mol. The van der Waals surface area contributed by atoms with Gasteiger partial charge in [-0.3, -0.25) is 0 Å². The Morgan fingerprint density at radius 2 is 1.80 bits per heavy atom. The number of anilines is 2. The maximum Gasteiger partial charge on any atom is 0.322 e. The SMILES string of the molecule is COCCN(CCOC)C(=O)Nc1ccc2c(c1C)C1=CC=CC=C(C1)N2C(C)C. The number of nitrogens with zero attached hydrogens (tertiary/aromatic N) is 2. The Morgan fingerprint density at radius 3 is 2.43 bits per heavy atom. The van der Waals surface area contributed by atoms with E-state index >= 15 is 0 Å². The van der Waals surface area contributed by atoms with E-state index in [9.17, 15) is 4.79 Å². The Hall–Kier alpha value is -2.57. The van der Waals surface area contributed by atoms with Crippen LogP contribution in [0.3, 0.4) is 0 Å². The molecule has 2 bridgehead atoms. The van der Waals surface area contributed by atoms with E-state index in [-0.39, 0.29) is 6.03 Å². The van der Waals surface area contributed by atoms with Gasteiger partial charge in [0, 0.05) is 62.4 Å². The van der Waals surface area contributed by atoms with Gasteiger partial charge in [-0.1, -0.05) is 18.2 Å². The minimum Gasteiger partial charge on any atom is -0.383 e. The van der Waals surface area contributed by atoms with Crippen molar-refractivity contribution in [1.82, 2.24) is 4.90 Å². The average Bonchev–Trinajstić information content (AvgIpc) is 2.92. The van der Waals surface area contributed by atoms with E-state index in [0.29, 0.717) is 32.3 Å². The van der Waals surface area contributed by atoms with Crippen LogP contribution in [-0.2, 0) is 9.47 Å². The van der Waals surface area contributed by atoms with Crippen LogP contribution in [0.15, 0.2) is 42.1 Å². The summed E-state index contributed by atoms with van der Waals surface area (Å²) in [6, 6.07) is 4.34. The summed E-state index contributed by atoms with van der Waals surface area (Å²) in [6.07, 6.45) is 9.47. The largest absolute Gasteiger partial charge is 0.383 e. The highest BCUT2D eigenvalue weighted by atomic mass is 16.5. The monoisotopic (exact) mass is 411 g/mol. The molecular weight excluding hydrogens is 378 g/mol. The van der Waals surface area contributed by atoms with Gasteiger partial charge in [-0.15, -0.1) is 0 Å². The van der Waals surface area contributed by atoms with Crippen LogP contribution < -0.4 is 10.2 Å². The number of carbonyl (C=O) groups is 1. The van der Waals surface area contributed by atoms with Crippen LogP contribution in [0.5, 0.6) is 0 Å². The van der Waals surface area contributed by atoms with Crippen molar-refractivity contribution in [2.75, 3.05) is 50.7 Å². The second-order valence-corrected chi connectivity index (χ2v) is 7.91. The van der Waals surface area contributed by atoms with Crippen molar-refractivity contribution >= 4 is 23.0 Å². The lowest BCUT2D eigenvalue weighted by Gasteiger charge is -2.39.